The van der Waals surface area contributed by atoms with Crippen LogP contribution in [-0.2, 0) is 0 Å². The van der Waals surface area contributed by atoms with Crippen LogP contribution in [-0.4, -0.2) is 29.8 Å². The Labute approximate surface area is 79.5 Å². The van der Waals surface area contributed by atoms with Gasteiger partial charge in [-0.3, -0.25) is 0 Å². The van der Waals surface area contributed by atoms with Crippen molar-refractivity contribution in [3.63, 3.8) is 0 Å². The van der Waals surface area contributed by atoms with Crippen molar-refractivity contribution >= 4 is 11.8 Å². The summed E-state index contributed by atoms with van der Waals surface area (Å²) in [4.78, 5) is 0. The van der Waals surface area contributed by atoms with E-state index in [1.54, 1.807) is 11.8 Å². The highest BCUT2D eigenvalue weighted by atomic mass is 32.2. The minimum atomic E-state index is -3.99. The van der Waals surface area contributed by atoms with Crippen molar-refractivity contribution in [1.82, 2.24) is 5.32 Å². The van der Waals surface area contributed by atoms with Gasteiger partial charge in [-0.05, 0) is 12.8 Å². The molecule has 0 bridgehead atoms. The Bertz CT molecular complexity index is 190. The zero-order valence-electron chi connectivity index (χ0n) is 7.10. The van der Waals surface area contributed by atoms with Gasteiger partial charge in [0.15, 0.2) is 0 Å². The number of thioether (sulfide) groups is 1. The fraction of sp³-hybridized carbons (Fsp3) is 1.00. The smallest absolute Gasteiger partial charge is 0.309 e. The van der Waals surface area contributed by atoms with Crippen molar-refractivity contribution in [3.05, 3.63) is 0 Å². The van der Waals surface area contributed by atoms with Gasteiger partial charge >= 0.3 is 6.18 Å². The van der Waals surface area contributed by atoms with Crippen LogP contribution >= 0.6 is 11.8 Å². The van der Waals surface area contributed by atoms with Crippen LogP contribution in [0.4, 0.5) is 13.2 Å². The van der Waals surface area contributed by atoms with Crippen molar-refractivity contribution in [3.8, 4) is 0 Å². The van der Waals surface area contributed by atoms with E-state index in [0.29, 0.717) is 18.9 Å². The maximum absolute atomic E-state index is 12.3. The Kier molecular flexibility index (Phi) is 2.49. The maximum atomic E-state index is 12.3. The zero-order chi connectivity index (χ0) is 9.47. The molecule has 1 saturated carbocycles. The van der Waals surface area contributed by atoms with E-state index in [-0.39, 0.29) is 6.04 Å². The third kappa shape index (κ3) is 1.96. The van der Waals surface area contributed by atoms with Crippen molar-refractivity contribution in [2.45, 2.75) is 31.1 Å². The molecule has 0 aromatic carbocycles. The first-order chi connectivity index (χ1) is 6.07. The Morgan fingerprint density at radius 1 is 1.15 bits per heavy atom. The molecule has 5 heteroatoms. The second-order valence-electron chi connectivity index (χ2n) is 3.73. The topological polar surface area (TPSA) is 12.0 Å². The second kappa shape index (κ2) is 3.35. The SMILES string of the molecule is FC(F)(F)C1CCC1NC1CSC1. The zero-order valence-corrected chi connectivity index (χ0v) is 7.92. The van der Waals surface area contributed by atoms with Gasteiger partial charge < -0.3 is 5.32 Å². The van der Waals surface area contributed by atoms with Gasteiger partial charge in [0.1, 0.15) is 0 Å². The molecule has 2 aliphatic rings. The van der Waals surface area contributed by atoms with E-state index in [0.717, 1.165) is 11.5 Å². The van der Waals surface area contributed by atoms with E-state index >= 15 is 0 Å². The van der Waals surface area contributed by atoms with Gasteiger partial charge in [-0.1, -0.05) is 0 Å². The third-order valence-electron chi connectivity index (χ3n) is 2.78. The van der Waals surface area contributed by atoms with Crippen LogP contribution in [0, 0.1) is 5.92 Å². The molecule has 13 heavy (non-hydrogen) atoms. The summed E-state index contributed by atoms with van der Waals surface area (Å²) in [5, 5.41) is 3.07. The molecular weight excluding hydrogens is 199 g/mol. The first-order valence-corrected chi connectivity index (χ1v) is 5.63. The van der Waals surface area contributed by atoms with Crippen LogP contribution in [0.15, 0.2) is 0 Å². The molecule has 1 aliphatic heterocycles. The van der Waals surface area contributed by atoms with Crippen molar-refractivity contribution in [2.75, 3.05) is 11.5 Å². The molecule has 2 fully saturated rings. The molecule has 2 unspecified atom stereocenters. The number of rotatable bonds is 2. The van der Waals surface area contributed by atoms with Crippen LogP contribution in [0.1, 0.15) is 12.8 Å². The lowest BCUT2D eigenvalue weighted by Crippen LogP contribution is -2.56. The van der Waals surface area contributed by atoms with E-state index < -0.39 is 12.1 Å². The fourth-order valence-corrected chi connectivity index (χ4v) is 2.39. The Balaban J connectivity index is 1.80. The maximum Gasteiger partial charge on any atom is 0.393 e. The van der Waals surface area contributed by atoms with Gasteiger partial charge in [-0.25, -0.2) is 0 Å². The van der Waals surface area contributed by atoms with E-state index in [1.807, 2.05) is 0 Å². The van der Waals surface area contributed by atoms with Gasteiger partial charge in [0, 0.05) is 23.6 Å². The summed E-state index contributed by atoms with van der Waals surface area (Å²) in [5.41, 5.74) is 0. The number of hydrogen-bond donors (Lipinski definition) is 1. The molecule has 1 nitrogen and oxygen atoms in total. The minimum Gasteiger partial charge on any atom is -0.309 e. The standard InChI is InChI=1S/C8H12F3NS/c9-8(10,11)6-1-2-7(6)12-5-3-13-4-5/h5-7,12H,1-4H2. The molecular formula is C8H12F3NS. The summed E-state index contributed by atoms with van der Waals surface area (Å²) in [5.74, 6) is 0.861. The van der Waals surface area contributed by atoms with Gasteiger partial charge in [0.05, 0.1) is 5.92 Å². The molecule has 1 N–H and O–H groups in total. The average molecular weight is 211 g/mol. The lowest BCUT2D eigenvalue weighted by molar-refractivity contribution is -0.203. The van der Waals surface area contributed by atoms with E-state index in [1.165, 1.54) is 0 Å². The highest BCUT2D eigenvalue weighted by Crippen LogP contribution is 2.41. The summed E-state index contributed by atoms with van der Waals surface area (Å²) < 4.78 is 36.8. The van der Waals surface area contributed by atoms with Crippen molar-refractivity contribution in [1.29, 1.82) is 0 Å². The predicted octanol–water partition coefficient (Wildman–Crippen LogP) is 2.03. The monoisotopic (exact) mass is 211 g/mol. The molecule has 2 atom stereocenters. The van der Waals surface area contributed by atoms with Crippen molar-refractivity contribution in [2.24, 2.45) is 5.92 Å². The Hall–Kier alpha value is 0.100. The van der Waals surface area contributed by atoms with E-state index in [2.05, 4.69) is 5.32 Å². The van der Waals surface area contributed by atoms with E-state index in [9.17, 15) is 13.2 Å². The van der Waals surface area contributed by atoms with Gasteiger partial charge in [0.2, 0.25) is 0 Å². The van der Waals surface area contributed by atoms with Gasteiger partial charge in [-0.15, -0.1) is 0 Å². The first-order valence-electron chi connectivity index (χ1n) is 4.48. The molecule has 76 valence electrons. The summed E-state index contributed by atoms with van der Waals surface area (Å²) in [6, 6.07) is 0.0334. The lowest BCUT2D eigenvalue weighted by Gasteiger charge is -2.42. The second-order valence-corrected chi connectivity index (χ2v) is 4.81. The molecule has 0 aromatic heterocycles. The van der Waals surface area contributed by atoms with Gasteiger partial charge in [-0.2, -0.15) is 24.9 Å². The molecule has 0 radical (unpaired) electrons. The third-order valence-corrected chi connectivity index (χ3v) is 4.06. The molecule has 0 aromatic rings. The van der Waals surface area contributed by atoms with Crippen LogP contribution in [0.25, 0.3) is 0 Å². The number of alkyl halides is 3. The van der Waals surface area contributed by atoms with Crippen LogP contribution < -0.4 is 5.32 Å². The number of nitrogens with one attached hydrogen (secondary N) is 1. The fourth-order valence-electron chi connectivity index (χ4n) is 1.73. The van der Waals surface area contributed by atoms with E-state index in [4.69, 9.17) is 0 Å². The predicted molar refractivity (Wildman–Crippen MR) is 46.8 cm³/mol. The van der Waals surface area contributed by atoms with Crippen molar-refractivity contribution < 1.29 is 13.2 Å². The summed E-state index contributed by atoms with van der Waals surface area (Å²) >= 11 is 1.79. The number of halogens is 3. The molecule has 1 aliphatic carbocycles. The molecule has 1 heterocycles. The highest BCUT2D eigenvalue weighted by molar-refractivity contribution is 8.00. The quantitative estimate of drug-likeness (QED) is 0.750. The summed E-state index contributed by atoms with van der Waals surface area (Å²) in [6.45, 7) is 0. The first kappa shape index (κ1) is 9.65. The lowest BCUT2D eigenvalue weighted by atomic mass is 9.78. The van der Waals surface area contributed by atoms with Gasteiger partial charge in [0.25, 0.3) is 0 Å². The molecule has 1 saturated heterocycles. The number of hydrogen-bond acceptors (Lipinski definition) is 2. The summed E-state index contributed by atoms with van der Waals surface area (Å²) in [6.07, 6.45) is -3.00. The Morgan fingerprint density at radius 2 is 1.85 bits per heavy atom. The van der Waals surface area contributed by atoms with Crippen LogP contribution in [0.2, 0.25) is 0 Å². The molecule has 2 rings (SSSR count). The molecule has 0 amide bonds. The van der Waals surface area contributed by atoms with Crippen LogP contribution in [0.3, 0.4) is 0 Å². The molecule has 0 spiro atoms. The highest BCUT2D eigenvalue weighted by Gasteiger charge is 2.50. The average Bonchev–Trinajstić information content (AvgIpc) is 1.76. The minimum absolute atomic E-state index is 0.300. The van der Waals surface area contributed by atoms with Crippen LogP contribution in [0.5, 0.6) is 0 Å². The largest absolute Gasteiger partial charge is 0.393 e. The summed E-state index contributed by atoms with van der Waals surface area (Å²) in [7, 11) is 0. The normalized spacial score (nSPS) is 35.3. The Morgan fingerprint density at radius 3 is 2.15 bits per heavy atom.